The zero-order chi connectivity index (χ0) is 15.2. The average molecular weight is 415 g/mol. The van der Waals surface area contributed by atoms with Gasteiger partial charge >= 0.3 is 0 Å². The molecule has 0 bridgehead atoms. The van der Waals surface area contributed by atoms with Crippen molar-refractivity contribution in [3.8, 4) is 0 Å². The summed E-state index contributed by atoms with van der Waals surface area (Å²) in [5.41, 5.74) is 2.01. The standard InChI is InChI=1S/C15H17Br2N3O/c1-3-18-15-14(17)12(9-21-2)19-13(20-15)8-10-6-4-5-7-11(10)16/h4-7H,3,8-9H2,1-2H3,(H,18,19,20). The minimum absolute atomic E-state index is 0.449. The SMILES string of the molecule is CCNc1nc(Cc2ccccc2Br)nc(COC)c1Br. The third kappa shape index (κ3) is 4.25. The van der Waals surface area contributed by atoms with Crippen LogP contribution >= 0.6 is 31.9 Å². The molecule has 1 aromatic heterocycles. The molecule has 0 fully saturated rings. The molecule has 0 atom stereocenters. The fourth-order valence-corrected chi connectivity index (χ4v) is 2.81. The molecule has 0 saturated heterocycles. The van der Waals surface area contributed by atoms with Gasteiger partial charge in [-0.3, -0.25) is 0 Å². The van der Waals surface area contributed by atoms with E-state index in [2.05, 4.69) is 53.2 Å². The molecule has 1 aromatic carbocycles. The van der Waals surface area contributed by atoms with Gasteiger partial charge in [0.25, 0.3) is 0 Å². The van der Waals surface area contributed by atoms with Gasteiger partial charge in [0.2, 0.25) is 0 Å². The number of benzene rings is 1. The molecule has 2 aromatic rings. The van der Waals surface area contributed by atoms with E-state index in [1.165, 1.54) is 0 Å². The van der Waals surface area contributed by atoms with E-state index in [-0.39, 0.29) is 0 Å². The van der Waals surface area contributed by atoms with Crippen LogP contribution in [0, 0.1) is 0 Å². The maximum Gasteiger partial charge on any atom is 0.144 e. The summed E-state index contributed by atoms with van der Waals surface area (Å²) in [6.45, 7) is 3.29. The van der Waals surface area contributed by atoms with Crippen LogP contribution < -0.4 is 5.32 Å². The molecule has 0 radical (unpaired) electrons. The van der Waals surface area contributed by atoms with Gasteiger partial charge < -0.3 is 10.1 Å². The van der Waals surface area contributed by atoms with Gasteiger partial charge in [-0.1, -0.05) is 34.1 Å². The van der Waals surface area contributed by atoms with Crippen molar-refractivity contribution in [3.05, 3.63) is 50.3 Å². The van der Waals surface area contributed by atoms with Crippen molar-refractivity contribution in [2.45, 2.75) is 20.0 Å². The highest BCUT2D eigenvalue weighted by Gasteiger charge is 2.13. The van der Waals surface area contributed by atoms with Crippen LogP contribution in [-0.4, -0.2) is 23.6 Å². The van der Waals surface area contributed by atoms with Crippen molar-refractivity contribution in [2.24, 2.45) is 0 Å². The van der Waals surface area contributed by atoms with Crippen LogP contribution in [0.1, 0.15) is 24.0 Å². The molecule has 6 heteroatoms. The quantitative estimate of drug-likeness (QED) is 0.770. The largest absolute Gasteiger partial charge is 0.378 e. The lowest BCUT2D eigenvalue weighted by atomic mass is 10.1. The molecule has 0 aliphatic heterocycles. The highest BCUT2D eigenvalue weighted by Crippen LogP contribution is 2.26. The lowest BCUT2D eigenvalue weighted by molar-refractivity contribution is 0.180. The maximum atomic E-state index is 5.21. The predicted octanol–water partition coefficient (Wildman–Crippen LogP) is 4.17. The smallest absolute Gasteiger partial charge is 0.144 e. The van der Waals surface area contributed by atoms with E-state index >= 15 is 0 Å². The topological polar surface area (TPSA) is 47.0 Å². The molecule has 112 valence electrons. The molecule has 2 rings (SSSR count). The molecule has 0 aliphatic carbocycles. The Bertz CT molecular complexity index is 593. The number of hydrogen-bond acceptors (Lipinski definition) is 4. The van der Waals surface area contributed by atoms with Crippen LogP contribution in [0.2, 0.25) is 0 Å². The number of nitrogens with zero attached hydrogens (tertiary/aromatic N) is 2. The second-order valence-corrected chi connectivity index (χ2v) is 6.13. The summed E-state index contributed by atoms with van der Waals surface area (Å²) in [6.07, 6.45) is 0.670. The number of nitrogens with one attached hydrogen (secondary N) is 1. The van der Waals surface area contributed by atoms with Crippen molar-refractivity contribution >= 4 is 37.7 Å². The number of aromatic nitrogens is 2. The molecular weight excluding hydrogens is 398 g/mol. The fraction of sp³-hybridized carbons (Fsp3) is 0.333. The Kier molecular flexibility index (Phi) is 6.14. The Balaban J connectivity index is 2.36. The molecule has 0 saturated carbocycles. The minimum Gasteiger partial charge on any atom is -0.378 e. The highest BCUT2D eigenvalue weighted by atomic mass is 79.9. The van der Waals surface area contributed by atoms with E-state index in [1.807, 2.05) is 25.1 Å². The maximum absolute atomic E-state index is 5.21. The van der Waals surface area contributed by atoms with Gasteiger partial charge in [0, 0.05) is 24.5 Å². The van der Waals surface area contributed by atoms with Gasteiger partial charge in [-0.05, 0) is 34.5 Å². The Morgan fingerprint density at radius 3 is 2.62 bits per heavy atom. The lowest BCUT2D eigenvalue weighted by Crippen LogP contribution is -2.09. The Morgan fingerprint density at radius 1 is 1.19 bits per heavy atom. The van der Waals surface area contributed by atoms with Crippen molar-refractivity contribution in [2.75, 3.05) is 19.0 Å². The number of anilines is 1. The van der Waals surface area contributed by atoms with Gasteiger partial charge in [0.15, 0.2) is 0 Å². The summed E-state index contributed by atoms with van der Waals surface area (Å²) >= 11 is 7.10. The van der Waals surface area contributed by atoms with Crippen molar-refractivity contribution in [3.63, 3.8) is 0 Å². The summed E-state index contributed by atoms with van der Waals surface area (Å²) in [5.74, 6) is 1.58. The van der Waals surface area contributed by atoms with Crippen LogP contribution in [0.15, 0.2) is 33.2 Å². The van der Waals surface area contributed by atoms with Crippen LogP contribution in [0.25, 0.3) is 0 Å². The number of rotatable bonds is 6. The summed E-state index contributed by atoms with van der Waals surface area (Å²) in [4.78, 5) is 9.19. The molecule has 4 nitrogen and oxygen atoms in total. The molecule has 21 heavy (non-hydrogen) atoms. The normalized spacial score (nSPS) is 10.7. The number of hydrogen-bond donors (Lipinski definition) is 1. The van der Waals surface area contributed by atoms with Crippen LogP contribution in [0.4, 0.5) is 5.82 Å². The Labute approximate surface area is 141 Å². The van der Waals surface area contributed by atoms with Crippen molar-refractivity contribution in [1.29, 1.82) is 0 Å². The van der Waals surface area contributed by atoms with E-state index in [0.717, 1.165) is 38.4 Å². The minimum atomic E-state index is 0.449. The van der Waals surface area contributed by atoms with Crippen LogP contribution in [0.3, 0.4) is 0 Å². The molecule has 0 amide bonds. The zero-order valence-electron chi connectivity index (χ0n) is 12.0. The molecule has 1 heterocycles. The van der Waals surface area contributed by atoms with E-state index in [9.17, 15) is 0 Å². The first kappa shape index (κ1) is 16.4. The third-order valence-electron chi connectivity index (χ3n) is 2.90. The summed E-state index contributed by atoms with van der Waals surface area (Å²) in [6, 6.07) is 8.10. The predicted molar refractivity (Wildman–Crippen MR) is 91.6 cm³/mol. The summed E-state index contributed by atoms with van der Waals surface area (Å²) < 4.78 is 7.14. The van der Waals surface area contributed by atoms with Gasteiger partial charge in [-0.25, -0.2) is 9.97 Å². The fourth-order valence-electron chi connectivity index (χ4n) is 1.95. The number of halogens is 2. The zero-order valence-corrected chi connectivity index (χ0v) is 15.2. The van der Waals surface area contributed by atoms with Gasteiger partial charge in [-0.2, -0.15) is 0 Å². The molecule has 0 spiro atoms. The van der Waals surface area contributed by atoms with E-state index in [4.69, 9.17) is 4.74 Å². The van der Waals surface area contributed by atoms with E-state index in [0.29, 0.717) is 13.0 Å². The van der Waals surface area contributed by atoms with Crippen LogP contribution in [-0.2, 0) is 17.8 Å². The Hall–Kier alpha value is -0.980. The first-order chi connectivity index (χ1) is 10.2. The highest BCUT2D eigenvalue weighted by molar-refractivity contribution is 9.11. The van der Waals surface area contributed by atoms with Gasteiger partial charge in [-0.15, -0.1) is 0 Å². The lowest BCUT2D eigenvalue weighted by Gasteiger charge is -2.12. The molecular formula is C15H17Br2N3O. The second-order valence-electron chi connectivity index (χ2n) is 4.48. The number of methoxy groups -OCH3 is 1. The molecule has 1 N–H and O–H groups in total. The second kappa shape index (κ2) is 7.87. The molecule has 0 aliphatic rings. The Morgan fingerprint density at radius 2 is 1.95 bits per heavy atom. The summed E-state index contributed by atoms with van der Waals surface area (Å²) in [5, 5.41) is 3.25. The van der Waals surface area contributed by atoms with Crippen molar-refractivity contribution < 1.29 is 4.74 Å². The van der Waals surface area contributed by atoms with Crippen LogP contribution in [0.5, 0.6) is 0 Å². The van der Waals surface area contributed by atoms with Gasteiger partial charge in [0.05, 0.1) is 16.8 Å². The van der Waals surface area contributed by atoms with Crippen molar-refractivity contribution in [1.82, 2.24) is 9.97 Å². The van der Waals surface area contributed by atoms with E-state index < -0.39 is 0 Å². The van der Waals surface area contributed by atoms with E-state index in [1.54, 1.807) is 7.11 Å². The monoisotopic (exact) mass is 413 g/mol. The molecule has 0 unspecified atom stereocenters. The first-order valence-corrected chi connectivity index (χ1v) is 8.25. The third-order valence-corrected chi connectivity index (χ3v) is 4.50. The van der Waals surface area contributed by atoms with Gasteiger partial charge in [0.1, 0.15) is 11.6 Å². The number of ether oxygens (including phenoxy) is 1. The first-order valence-electron chi connectivity index (χ1n) is 6.67. The summed E-state index contributed by atoms with van der Waals surface area (Å²) in [7, 11) is 1.66. The average Bonchev–Trinajstić information content (AvgIpc) is 2.47.